The Balaban J connectivity index is 1.23. The number of esters is 1. The lowest BCUT2D eigenvalue weighted by atomic mass is 9.88. The van der Waals surface area contributed by atoms with Crippen molar-refractivity contribution in [2.24, 2.45) is 0 Å². The van der Waals surface area contributed by atoms with Gasteiger partial charge in [0, 0.05) is 43.8 Å². The van der Waals surface area contributed by atoms with Gasteiger partial charge in [-0.25, -0.2) is 29.9 Å². The molecule has 0 amide bonds. The highest BCUT2D eigenvalue weighted by Crippen LogP contribution is 2.40. The molecule has 1 atom stereocenters. The zero-order chi connectivity index (χ0) is 40.3. The van der Waals surface area contributed by atoms with E-state index >= 15 is 0 Å². The van der Waals surface area contributed by atoms with E-state index in [1.54, 1.807) is 38.5 Å². The Morgan fingerprint density at radius 2 is 0.867 bits per heavy atom. The molecule has 8 bridgehead atoms. The molecule has 2 aliphatic heterocycles. The summed E-state index contributed by atoms with van der Waals surface area (Å²) in [7, 11) is 3.19. The number of aromatic amines is 2. The zero-order valence-electron chi connectivity index (χ0n) is 32.2. The molecule has 12 heteroatoms. The molecule has 0 spiro atoms. The number of rotatable bonds is 6. The fraction of sp³-hybridized carbons (Fsp3) is 0.0625. The zero-order valence-corrected chi connectivity index (χ0v) is 32.2. The van der Waals surface area contributed by atoms with Gasteiger partial charge < -0.3 is 24.2 Å². The summed E-state index contributed by atoms with van der Waals surface area (Å²) in [5, 5.41) is 3.18. The number of hydrogen-bond donors (Lipinski definition) is 2. The maximum absolute atomic E-state index is 14.6. The molecule has 2 aliphatic rings. The molecule has 5 heterocycles. The lowest BCUT2D eigenvalue weighted by Crippen LogP contribution is -2.20. The van der Waals surface area contributed by atoms with Crippen LogP contribution in [-0.2, 0) is 4.79 Å². The molecule has 0 radical (unpaired) electrons. The second-order valence-electron chi connectivity index (χ2n) is 14.3. The molecule has 6 aromatic carbocycles. The first-order valence-electron chi connectivity index (χ1n) is 19.3. The van der Waals surface area contributed by atoms with Gasteiger partial charge >= 0.3 is 5.97 Å². The van der Waals surface area contributed by atoms with Gasteiger partial charge in [-0.05, 0) is 47.5 Å². The summed E-state index contributed by atoms with van der Waals surface area (Å²) < 4.78 is 16.9. The number of carbonyl (C=O) groups is 1. The first-order valence-corrected chi connectivity index (χ1v) is 19.3. The highest BCUT2D eigenvalue weighted by molar-refractivity contribution is 6.09. The molecule has 3 aromatic heterocycles. The number of carbonyl (C=O) groups excluding carboxylic acids is 1. The monoisotopic (exact) mass is 784 g/mol. The van der Waals surface area contributed by atoms with Crippen molar-refractivity contribution in [2.45, 2.75) is 5.92 Å². The van der Waals surface area contributed by atoms with Gasteiger partial charge in [-0.3, -0.25) is 4.79 Å². The van der Waals surface area contributed by atoms with Gasteiger partial charge in [0.15, 0.2) is 23.3 Å². The van der Waals surface area contributed by atoms with Crippen molar-refractivity contribution in [1.82, 2.24) is 39.9 Å². The fourth-order valence-electron chi connectivity index (χ4n) is 8.02. The van der Waals surface area contributed by atoms with Gasteiger partial charge in [-0.2, -0.15) is 0 Å². The molecule has 60 heavy (non-hydrogen) atoms. The number of H-pyrrole nitrogens is 2. The van der Waals surface area contributed by atoms with E-state index < -0.39 is 11.9 Å². The summed E-state index contributed by atoms with van der Waals surface area (Å²) in [4.78, 5) is 52.3. The predicted molar refractivity (Wildman–Crippen MR) is 230 cm³/mol. The summed E-state index contributed by atoms with van der Waals surface area (Å²) >= 11 is 0. The van der Waals surface area contributed by atoms with Crippen LogP contribution in [0.2, 0.25) is 0 Å². The third kappa shape index (κ3) is 5.80. The largest absolute Gasteiger partial charge is 0.497 e. The highest BCUT2D eigenvalue weighted by Gasteiger charge is 2.30. The minimum Gasteiger partial charge on any atom is -0.497 e. The van der Waals surface area contributed by atoms with Crippen LogP contribution < -0.4 is 14.2 Å². The third-order valence-electron chi connectivity index (χ3n) is 10.9. The number of nitrogens with zero attached hydrogens (tertiary/aromatic N) is 6. The Hall–Kier alpha value is -8.25. The number of benzene rings is 6. The normalized spacial score (nSPS) is 12.2. The van der Waals surface area contributed by atoms with Crippen LogP contribution in [-0.4, -0.2) is 60.1 Å². The lowest BCUT2D eigenvalue weighted by Gasteiger charge is -2.18. The summed E-state index contributed by atoms with van der Waals surface area (Å²) in [6.07, 6.45) is 0. The number of fused-ring (bicyclic) bond motifs is 20. The fourth-order valence-corrected chi connectivity index (χ4v) is 8.02. The molecule has 11 rings (SSSR count). The van der Waals surface area contributed by atoms with Crippen molar-refractivity contribution in [1.29, 1.82) is 0 Å². The van der Waals surface area contributed by atoms with E-state index in [1.165, 1.54) is 0 Å². The number of ether oxygens (including phenoxy) is 3. The molecule has 12 nitrogen and oxygen atoms in total. The van der Waals surface area contributed by atoms with Crippen molar-refractivity contribution in [3.05, 3.63) is 151 Å². The minimum atomic E-state index is -0.901. The maximum Gasteiger partial charge on any atom is 0.323 e. The van der Waals surface area contributed by atoms with Gasteiger partial charge in [0.1, 0.15) is 45.8 Å². The average Bonchev–Trinajstić information content (AvgIpc) is 4.03. The molecule has 0 fully saturated rings. The number of aromatic nitrogens is 8. The van der Waals surface area contributed by atoms with E-state index in [1.807, 2.05) is 115 Å². The molecule has 9 aromatic rings. The number of hydrogen-bond acceptors (Lipinski definition) is 10. The number of nitrogens with one attached hydrogen (secondary N) is 2. The van der Waals surface area contributed by atoms with Crippen LogP contribution in [0.25, 0.3) is 89.7 Å². The predicted octanol–water partition coefficient (Wildman–Crippen LogP) is 9.62. The van der Waals surface area contributed by atoms with E-state index in [4.69, 9.17) is 44.1 Å². The maximum atomic E-state index is 14.6. The van der Waals surface area contributed by atoms with E-state index in [9.17, 15) is 4.79 Å². The van der Waals surface area contributed by atoms with Crippen molar-refractivity contribution >= 4 is 50.1 Å². The van der Waals surface area contributed by atoms with Crippen LogP contribution in [0.4, 0.5) is 0 Å². The van der Waals surface area contributed by atoms with E-state index in [-0.39, 0.29) is 0 Å². The number of methoxy groups -OCH3 is 2. The van der Waals surface area contributed by atoms with E-state index in [0.717, 1.165) is 38.4 Å². The minimum absolute atomic E-state index is 0.375. The van der Waals surface area contributed by atoms with Crippen LogP contribution in [0.1, 0.15) is 17.0 Å². The van der Waals surface area contributed by atoms with Crippen LogP contribution in [0.15, 0.2) is 140 Å². The Morgan fingerprint density at radius 1 is 0.450 bits per heavy atom. The van der Waals surface area contributed by atoms with Gasteiger partial charge in [-0.15, -0.1) is 0 Å². The standard InChI is InChI=1S/C48H32N8O4/c1-58-27-20-18-26(19-21-27)38(48(57)60-29-24-22-28(59-2)23-25-29)36-16-9-17-37-39(36)47-55-45-35-15-8-7-14-34(35)43(53-45)51-41-31-11-4-3-10-30(31)40(49-41)50-42-32-12-5-6-13-33(32)44(52-42)54-46(37)56-47/h3-25,38H,1-2H3,(H2,49,50,51,52,53,54,55,56). The molecule has 0 saturated carbocycles. The molecule has 2 N–H and O–H groups in total. The quantitative estimate of drug-likeness (QED) is 0.123. The molecular weight excluding hydrogens is 753 g/mol. The Morgan fingerprint density at radius 3 is 1.38 bits per heavy atom. The lowest BCUT2D eigenvalue weighted by molar-refractivity contribution is -0.135. The van der Waals surface area contributed by atoms with Crippen LogP contribution in [0, 0.1) is 0 Å². The first kappa shape index (κ1) is 35.0. The molecule has 0 aliphatic carbocycles. The summed E-state index contributed by atoms with van der Waals surface area (Å²) in [5.41, 5.74) is 6.81. The Labute approximate surface area is 341 Å². The highest BCUT2D eigenvalue weighted by atomic mass is 16.5. The first-order chi connectivity index (χ1) is 29.5. The van der Waals surface area contributed by atoms with Gasteiger partial charge in [-0.1, -0.05) is 103 Å². The summed E-state index contributed by atoms with van der Waals surface area (Å²) in [6.45, 7) is 0. The Kier molecular flexibility index (Phi) is 8.15. The smallest absolute Gasteiger partial charge is 0.323 e. The van der Waals surface area contributed by atoms with E-state index in [2.05, 4.69) is 9.97 Å². The van der Waals surface area contributed by atoms with Gasteiger partial charge in [0.25, 0.3) is 0 Å². The second-order valence-corrected chi connectivity index (χ2v) is 14.3. The van der Waals surface area contributed by atoms with Crippen LogP contribution >= 0.6 is 0 Å². The van der Waals surface area contributed by atoms with Gasteiger partial charge in [0.05, 0.1) is 14.2 Å². The van der Waals surface area contributed by atoms with Crippen LogP contribution in [0.3, 0.4) is 0 Å². The SMILES string of the molecule is COc1ccc(OC(=O)C(c2ccc(OC)cc2)c2cccc3c4nc5nc(nc6[nH]c(nc7nc(nc([nH]4)c23)-c2ccccc2-7)c2ccccc62)-c2ccccc2-5)cc1. The third-order valence-corrected chi connectivity index (χ3v) is 10.9. The van der Waals surface area contributed by atoms with E-state index in [0.29, 0.717) is 79.6 Å². The van der Waals surface area contributed by atoms with Crippen LogP contribution in [0.5, 0.6) is 17.2 Å². The van der Waals surface area contributed by atoms with Crippen molar-refractivity contribution in [3.63, 3.8) is 0 Å². The molecular formula is C48H32N8O4. The van der Waals surface area contributed by atoms with Crippen molar-refractivity contribution < 1.29 is 19.0 Å². The topological polar surface area (TPSA) is 154 Å². The van der Waals surface area contributed by atoms with Crippen molar-refractivity contribution in [3.8, 4) is 62.8 Å². The molecule has 0 saturated heterocycles. The molecule has 288 valence electrons. The second kappa shape index (κ2) is 14.0. The average molecular weight is 785 g/mol. The molecule has 1 unspecified atom stereocenters. The van der Waals surface area contributed by atoms with Crippen molar-refractivity contribution in [2.75, 3.05) is 14.2 Å². The summed E-state index contributed by atoms with van der Waals surface area (Å²) in [6, 6.07) is 43.8. The summed E-state index contributed by atoms with van der Waals surface area (Å²) in [5.74, 6) is 2.20. The Bertz CT molecular complexity index is 3350. The van der Waals surface area contributed by atoms with Gasteiger partial charge in [0.2, 0.25) is 0 Å².